The van der Waals surface area contributed by atoms with Crippen molar-refractivity contribution in [2.45, 2.75) is 40.7 Å². The van der Waals surface area contributed by atoms with Crippen molar-refractivity contribution in [1.29, 1.82) is 0 Å². The lowest BCUT2D eigenvalue weighted by Gasteiger charge is -2.23. The van der Waals surface area contributed by atoms with Gasteiger partial charge in [-0.1, -0.05) is 13.8 Å². The average Bonchev–Trinajstić information content (AvgIpc) is 3.24. The minimum atomic E-state index is 0.140. The smallest absolute Gasteiger partial charge is 0.264 e. The van der Waals surface area contributed by atoms with E-state index in [2.05, 4.69) is 23.6 Å². The molecular weight excluding hydrogens is 322 g/mol. The van der Waals surface area contributed by atoms with Crippen LogP contribution in [0.15, 0.2) is 6.07 Å². The lowest BCUT2D eigenvalue weighted by Crippen LogP contribution is -2.35. The van der Waals surface area contributed by atoms with Crippen molar-refractivity contribution in [3.8, 4) is 0 Å². The zero-order valence-corrected chi connectivity index (χ0v) is 15.9. The second kappa shape index (κ2) is 7.23. The summed E-state index contributed by atoms with van der Waals surface area (Å²) in [5, 5.41) is 5.74. The van der Waals surface area contributed by atoms with Gasteiger partial charge in [0.05, 0.1) is 17.2 Å². The molecule has 0 spiro atoms. The molecule has 0 aromatic carbocycles. The number of rotatable bonds is 6. The second-order valence-electron chi connectivity index (χ2n) is 7.06. The SMILES string of the molecule is CCN(CC1CCOC1)C(=O)c1cc2c(C)nn(CC(C)C)c2s1. The number of carbonyl (C=O) groups is 1. The lowest BCUT2D eigenvalue weighted by molar-refractivity contribution is 0.0735. The number of carbonyl (C=O) groups excluding carboxylic acids is 1. The van der Waals surface area contributed by atoms with Crippen LogP contribution < -0.4 is 0 Å². The molecule has 1 amide bonds. The van der Waals surface area contributed by atoms with Crippen LogP contribution in [0.2, 0.25) is 0 Å². The Morgan fingerprint density at radius 1 is 1.54 bits per heavy atom. The predicted octanol–water partition coefficient (Wildman–Crippen LogP) is 3.56. The minimum absolute atomic E-state index is 0.140. The zero-order valence-electron chi connectivity index (χ0n) is 15.0. The summed E-state index contributed by atoms with van der Waals surface area (Å²) in [4.78, 5) is 16.8. The van der Waals surface area contributed by atoms with Gasteiger partial charge in [0.2, 0.25) is 0 Å². The van der Waals surface area contributed by atoms with Crippen LogP contribution >= 0.6 is 11.3 Å². The standard InChI is InChI=1S/C18H27N3O2S/c1-5-20(10-14-6-7-23-11-14)17(22)16-8-15-13(4)19-21(9-12(2)3)18(15)24-16/h8,12,14H,5-7,9-11H2,1-4H3. The molecule has 132 valence electrons. The average molecular weight is 350 g/mol. The van der Waals surface area contributed by atoms with Gasteiger partial charge in [0.15, 0.2) is 0 Å². The second-order valence-corrected chi connectivity index (χ2v) is 8.09. The molecule has 0 aliphatic carbocycles. The number of thiophene rings is 1. The molecular formula is C18H27N3O2S. The fourth-order valence-electron chi connectivity index (χ4n) is 3.24. The zero-order chi connectivity index (χ0) is 17.3. The van der Waals surface area contributed by atoms with Crippen molar-refractivity contribution in [2.75, 3.05) is 26.3 Å². The van der Waals surface area contributed by atoms with Crippen LogP contribution in [0.25, 0.3) is 10.2 Å². The summed E-state index contributed by atoms with van der Waals surface area (Å²) >= 11 is 1.57. The van der Waals surface area contributed by atoms with E-state index in [0.29, 0.717) is 11.8 Å². The van der Waals surface area contributed by atoms with E-state index in [4.69, 9.17) is 4.74 Å². The Labute approximate surface area is 147 Å². The van der Waals surface area contributed by atoms with Crippen molar-refractivity contribution in [1.82, 2.24) is 14.7 Å². The lowest BCUT2D eigenvalue weighted by atomic mass is 10.1. The highest BCUT2D eigenvalue weighted by atomic mass is 32.1. The molecule has 0 bridgehead atoms. The van der Waals surface area contributed by atoms with Crippen LogP contribution in [0.3, 0.4) is 0 Å². The van der Waals surface area contributed by atoms with E-state index in [-0.39, 0.29) is 5.91 Å². The highest BCUT2D eigenvalue weighted by molar-refractivity contribution is 7.20. The van der Waals surface area contributed by atoms with Crippen LogP contribution in [-0.4, -0.2) is 46.9 Å². The Bertz CT molecular complexity index is 713. The maximum atomic E-state index is 12.9. The van der Waals surface area contributed by atoms with E-state index in [1.807, 2.05) is 24.8 Å². The van der Waals surface area contributed by atoms with Gasteiger partial charge in [-0.2, -0.15) is 5.10 Å². The van der Waals surface area contributed by atoms with Gasteiger partial charge in [0, 0.05) is 37.5 Å². The topological polar surface area (TPSA) is 47.4 Å². The van der Waals surface area contributed by atoms with Gasteiger partial charge in [-0.3, -0.25) is 9.48 Å². The highest BCUT2D eigenvalue weighted by Crippen LogP contribution is 2.30. The summed E-state index contributed by atoms with van der Waals surface area (Å²) in [5.74, 6) is 1.14. The van der Waals surface area contributed by atoms with Gasteiger partial charge < -0.3 is 9.64 Å². The van der Waals surface area contributed by atoms with Crippen LogP contribution in [0.1, 0.15) is 42.6 Å². The van der Waals surface area contributed by atoms with Crippen LogP contribution in [0, 0.1) is 18.8 Å². The molecule has 1 aliphatic rings. The Morgan fingerprint density at radius 3 is 2.96 bits per heavy atom. The highest BCUT2D eigenvalue weighted by Gasteiger charge is 2.24. The van der Waals surface area contributed by atoms with Crippen LogP contribution in [-0.2, 0) is 11.3 Å². The largest absolute Gasteiger partial charge is 0.381 e. The molecule has 0 N–H and O–H groups in total. The van der Waals surface area contributed by atoms with Gasteiger partial charge in [-0.25, -0.2) is 0 Å². The molecule has 0 saturated carbocycles. The van der Waals surface area contributed by atoms with Crippen molar-refractivity contribution in [3.63, 3.8) is 0 Å². The number of ether oxygens (including phenoxy) is 1. The van der Waals surface area contributed by atoms with E-state index >= 15 is 0 Å². The Balaban J connectivity index is 1.83. The number of nitrogens with zero attached hydrogens (tertiary/aromatic N) is 3. The normalized spacial score (nSPS) is 18.0. The summed E-state index contributed by atoms with van der Waals surface area (Å²) in [6, 6.07) is 2.02. The fourth-order valence-corrected chi connectivity index (χ4v) is 4.38. The van der Waals surface area contributed by atoms with Crippen molar-refractivity contribution in [3.05, 3.63) is 16.6 Å². The van der Waals surface area contributed by atoms with E-state index in [0.717, 1.165) is 60.1 Å². The van der Waals surface area contributed by atoms with Gasteiger partial charge in [0.25, 0.3) is 5.91 Å². The number of aryl methyl sites for hydroxylation is 1. The van der Waals surface area contributed by atoms with E-state index in [1.165, 1.54) is 0 Å². The third-order valence-electron chi connectivity index (χ3n) is 4.53. The molecule has 5 nitrogen and oxygen atoms in total. The van der Waals surface area contributed by atoms with E-state index in [1.54, 1.807) is 11.3 Å². The van der Waals surface area contributed by atoms with Gasteiger partial charge in [-0.15, -0.1) is 11.3 Å². The Hall–Kier alpha value is -1.40. The maximum absolute atomic E-state index is 12.9. The number of hydrogen-bond acceptors (Lipinski definition) is 4. The Kier molecular flexibility index (Phi) is 5.25. The first kappa shape index (κ1) is 17.4. The third-order valence-corrected chi connectivity index (χ3v) is 5.66. The third kappa shape index (κ3) is 3.49. The molecule has 2 aromatic rings. The summed E-state index contributed by atoms with van der Waals surface area (Å²) in [6.07, 6.45) is 1.05. The first-order chi connectivity index (χ1) is 11.5. The fraction of sp³-hybridized carbons (Fsp3) is 0.667. The molecule has 24 heavy (non-hydrogen) atoms. The molecule has 0 radical (unpaired) electrons. The van der Waals surface area contributed by atoms with Crippen molar-refractivity contribution >= 4 is 27.5 Å². The predicted molar refractivity (Wildman–Crippen MR) is 97.7 cm³/mol. The molecule has 6 heteroatoms. The number of aromatic nitrogens is 2. The molecule has 3 rings (SSSR count). The van der Waals surface area contributed by atoms with Gasteiger partial charge in [-0.05, 0) is 32.3 Å². The minimum Gasteiger partial charge on any atom is -0.381 e. The molecule has 1 aliphatic heterocycles. The van der Waals surface area contributed by atoms with Crippen molar-refractivity contribution in [2.24, 2.45) is 11.8 Å². The number of amides is 1. The molecule has 1 unspecified atom stereocenters. The number of hydrogen-bond donors (Lipinski definition) is 0. The monoisotopic (exact) mass is 349 g/mol. The molecule has 1 atom stereocenters. The number of fused-ring (bicyclic) bond motifs is 1. The molecule has 1 fully saturated rings. The van der Waals surface area contributed by atoms with Crippen molar-refractivity contribution < 1.29 is 9.53 Å². The van der Waals surface area contributed by atoms with E-state index < -0.39 is 0 Å². The quantitative estimate of drug-likeness (QED) is 0.801. The molecule has 3 heterocycles. The summed E-state index contributed by atoms with van der Waals surface area (Å²) in [5.41, 5.74) is 1.01. The van der Waals surface area contributed by atoms with Crippen LogP contribution in [0.5, 0.6) is 0 Å². The van der Waals surface area contributed by atoms with Gasteiger partial charge >= 0.3 is 0 Å². The van der Waals surface area contributed by atoms with Gasteiger partial charge in [0.1, 0.15) is 4.83 Å². The molecule has 1 saturated heterocycles. The molecule has 2 aromatic heterocycles. The van der Waals surface area contributed by atoms with Crippen LogP contribution in [0.4, 0.5) is 0 Å². The summed E-state index contributed by atoms with van der Waals surface area (Å²) in [7, 11) is 0. The first-order valence-electron chi connectivity index (χ1n) is 8.83. The first-order valence-corrected chi connectivity index (χ1v) is 9.65. The Morgan fingerprint density at radius 2 is 2.33 bits per heavy atom. The van der Waals surface area contributed by atoms with E-state index in [9.17, 15) is 4.79 Å². The summed E-state index contributed by atoms with van der Waals surface area (Å²) in [6.45, 7) is 12.5. The maximum Gasteiger partial charge on any atom is 0.264 e. The summed E-state index contributed by atoms with van der Waals surface area (Å²) < 4.78 is 7.50.